The number of aromatic nitrogens is 1. The minimum atomic E-state index is -1.10. The largest absolute Gasteiger partial charge is 0.464 e. The van der Waals surface area contributed by atoms with Crippen LogP contribution in [0.4, 0.5) is 16.3 Å². The molecule has 2 rings (SSSR count). The van der Waals surface area contributed by atoms with Gasteiger partial charge in [-0.15, -0.1) is 0 Å². The maximum atomic E-state index is 11.4. The molecule has 0 aliphatic carbocycles. The molecule has 19 heavy (non-hydrogen) atoms. The van der Waals surface area contributed by atoms with E-state index < -0.39 is 6.09 Å². The fourth-order valence-corrected chi connectivity index (χ4v) is 1.64. The van der Waals surface area contributed by atoms with E-state index in [1.807, 2.05) is 26.8 Å². The van der Waals surface area contributed by atoms with Crippen LogP contribution < -0.4 is 4.90 Å². The van der Waals surface area contributed by atoms with E-state index in [1.165, 1.54) is 0 Å². The summed E-state index contributed by atoms with van der Waals surface area (Å²) in [5.74, 6) is 0.910. The van der Waals surface area contributed by atoms with Gasteiger partial charge in [0.25, 0.3) is 0 Å². The van der Waals surface area contributed by atoms with Crippen LogP contribution in [-0.4, -0.2) is 16.4 Å². The predicted octanol–water partition coefficient (Wildman–Crippen LogP) is 3.79. The third kappa shape index (κ3) is 2.76. The van der Waals surface area contributed by atoms with Gasteiger partial charge in [-0.1, -0.05) is 44.1 Å². The minimum absolute atomic E-state index is 0.216. The summed E-state index contributed by atoms with van der Waals surface area (Å²) in [7, 11) is 0. The Bertz CT molecular complexity index is 570. The van der Waals surface area contributed by atoms with Gasteiger partial charge in [-0.05, 0) is 12.1 Å². The molecule has 1 amide bonds. The van der Waals surface area contributed by atoms with Gasteiger partial charge in [-0.3, -0.25) is 0 Å². The van der Waals surface area contributed by atoms with Crippen LogP contribution in [0.25, 0.3) is 0 Å². The summed E-state index contributed by atoms with van der Waals surface area (Å²) in [5, 5.41) is 13.2. The van der Waals surface area contributed by atoms with Gasteiger partial charge in [-0.25, -0.2) is 9.69 Å². The molecule has 1 aromatic carbocycles. The Balaban J connectivity index is 2.41. The summed E-state index contributed by atoms with van der Waals surface area (Å²) < 4.78 is 5.23. The normalized spacial score (nSPS) is 11.3. The Kier molecular flexibility index (Phi) is 3.29. The van der Waals surface area contributed by atoms with Crippen molar-refractivity contribution < 1.29 is 14.4 Å². The smallest absolute Gasteiger partial charge is 0.417 e. The maximum absolute atomic E-state index is 11.4. The molecule has 1 aromatic heterocycles. The number of para-hydroxylation sites is 1. The van der Waals surface area contributed by atoms with Crippen LogP contribution in [0.3, 0.4) is 0 Å². The Morgan fingerprint density at radius 3 is 2.37 bits per heavy atom. The Labute approximate surface area is 111 Å². The summed E-state index contributed by atoms with van der Waals surface area (Å²) in [6.45, 7) is 5.93. The summed E-state index contributed by atoms with van der Waals surface area (Å²) >= 11 is 0. The average Bonchev–Trinajstić information content (AvgIpc) is 2.79. The second kappa shape index (κ2) is 4.76. The topological polar surface area (TPSA) is 66.6 Å². The fraction of sp³-hybridized carbons (Fsp3) is 0.286. The molecule has 0 atom stereocenters. The van der Waals surface area contributed by atoms with Crippen molar-refractivity contribution in [3.8, 4) is 0 Å². The zero-order valence-corrected chi connectivity index (χ0v) is 11.1. The van der Waals surface area contributed by atoms with Gasteiger partial charge < -0.3 is 9.63 Å². The number of carboxylic acid groups (broad SMARTS) is 1. The molecule has 100 valence electrons. The molecule has 0 aliphatic rings. The van der Waals surface area contributed by atoms with Crippen LogP contribution in [0, 0.1) is 0 Å². The molecule has 0 saturated heterocycles. The van der Waals surface area contributed by atoms with Gasteiger partial charge in [0.1, 0.15) is 5.76 Å². The Hall–Kier alpha value is -2.30. The quantitative estimate of drug-likeness (QED) is 0.892. The first-order chi connectivity index (χ1) is 8.89. The van der Waals surface area contributed by atoms with Crippen molar-refractivity contribution in [1.29, 1.82) is 0 Å². The Morgan fingerprint density at radius 2 is 1.89 bits per heavy atom. The van der Waals surface area contributed by atoms with Crippen LogP contribution in [0.1, 0.15) is 26.5 Å². The van der Waals surface area contributed by atoms with Gasteiger partial charge in [-0.2, -0.15) is 0 Å². The molecule has 0 radical (unpaired) electrons. The molecule has 5 nitrogen and oxygen atoms in total. The predicted molar refractivity (Wildman–Crippen MR) is 71.8 cm³/mol. The van der Waals surface area contributed by atoms with Gasteiger partial charge in [0.2, 0.25) is 0 Å². The van der Waals surface area contributed by atoms with Crippen molar-refractivity contribution in [2.75, 3.05) is 4.90 Å². The van der Waals surface area contributed by atoms with Gasteiger partial charge >= 0.3 is 6.09 Å². The highest BCUT2D eigenvalue weighted by atomic mass is 16.5. The molecule has 0 bridgehead atoms. The first kappa shape index (κ1) is 13.1. The van der Waals surface area contributed by atoms with E-state index in [4.69, 9.17) is 4.52 Å². The van der Waals surface area contributed by atoms with Crippen LogP contribution in [-0.2, 0) is 5.41 Å². The number of hydrogen-bond donors (Lipinski definition) is 1. The van der Waals surface area contributed by atoms with Crippen LogP contribution in [0.15, 0.2) is 40.9 Å². The molecule has 0 saturated carbocycles. The third-order valence-corrected chi connectivity index (χ3v) is 2.67. The number of rotatable bonds is 2. The lowest BCUT2D eigenvalue weighted by Gasteiger charge is -2.15. The highest BCUT2D eigenvalue weighted by Crippen LogP contribution is 2.29. The van der Waals surface area contributed by atoms with Crippen molar-refractivity contribution in [3.63, 3.8) is 0 Å². The highest BCUT2D eigenvalue weighted by Gasteiger charge is 2.25. The Morgan fingerprint density at radius 1 is 1.26 bits per heavy atom. The van der Waals surface area contributed by atoms with E-state index >= 15 is 0 Å². The van der Waals surface area contributed by atoms with E-state index in [0.717, 1.165) is 4.90 Å². The summed E-state index contributed by atoms with van der Waals surface area (Å²) in [6, 6.07) is 10.4. The van der Waals surface area contributed by atoms with Gasteiger partial charge in [0.15, 0.2) is 5.82 Å². The third-order valence-electron chi connectivity index (χ3n) is 2.67. The molecule has 1 N–H and O–H groups in total. The zero-order valence-electron chi connectivity index (χ0n) is 11.1. The number of benzene rings is 1. The molecule has 0 aliphatic heterocycles. The molecular weight excluding hydrogens is 244 g/mol. The van der Waals surface area contributed by atoms with E-state index in [9.17, 15) is 9.90 Å². The number of carbonyl (C=O) groups is 1. The van der Waals surface area contributed by atoms with E-state index in [1.54, 1.807) is 30.3 Å². The molecule has 0 spiro atoms. The molecule has 1 heterocycles. The van der Waals surface area contributed by atoms with E-state index in [-0.39, 0.29) is 11.2 Å². The fourth-order valence-electron chi connectivity index (χ4n) is 1.64. The SMILES string of the molecule is CC(C)(C)c1cc(N(C(=O)O)c2ccccc2)no1. The van der Waals surface area contributed by atoms with Crippen molar-refractivity contribution in [3.05, 3.63) is 42.2 Å². The van der Waals surface area contributed by atoms with Crippen LogP contribution >= 0.6 is 0 Å². The number of nitrogens with zero attached hydrogens (tertiary/aromatic N) is 2. The second-order valence-electron chi connectivity index (χ2n) is 5.25. The maximum Gasteiger partial charge on any atom is 0.417 e. The molecule has 5 heteroatoms. The number of hydrogen-bond acceptors (Lipinski definition) is 3. The van der Waals surface area contributed by atoms with Crippen molar-refractivity contribution in [2.45, 2.75) is 26.2 Å². The van der Waals surface area contributed by atoms with E-state index in [2.05, 4.69) is 5.16 Å². The average molecular weight is 260 g/mol. The van der Waals surface area contributed by atoms with Crippen molar-refractivity contribution in [1.82, 2.24) is 5.16 Å². The molecule has 0 unspecified atom stereocenters. The highest BCUT2D eigenvalue weighted by molar-refractivity contribution is 5.93. The molecule has 0 fully saturated rings. The van der Waals surface area contributed by atoms with Crippen LogP contribution in [0.2, 0.25) is 0 Å². The first-order valence-corrected chi connectivity index (χ1v) is 5.95. The molecular formula is C14H16N2O3. The van der Waals surface area contributed by atoms with Gasteiger partial charge in [0.05, 0.1) is 5.69 Å². The van der Waals surface area contributed by atoms with Crippen LogP contribution in [0.5, 0.6) is 0 Å². The van der Waals surface area contributed by atoms with E-state index in [0.29, 0.717) is 11.4 Å². The lowest BCUT2D eigenvalue weighted by Crippen LogP contribution is -2.23. The summed E-state index contributed by atoms with van der Waals surface area (Å²) in [5.41, 5.74) is 0.315. The lowest BCUT2D eigenvalue weighted by atomic mass is 9.93. The summed E-state index contributed by atoms with van der Waals surface area (Å²) in [6.07, 6.45) is -1.10. The number of anilines is 2. The van der Waals surface area contributed by atoms with Gasteiger partial charge in [0, 0.05) is 11.5 Å². The monoisotopic (exact) mass is 260 g/mol. The minimum Gasteiger partial charge on any atom is -0.464 e. The van der Waals surface area contributed by atoms with Crippen molar-refractivity contribution in [2.24, 2.45) is 0 Å². The first-order valence-electron chi connectivity index (χ1n) is 5.95. The van der Waals surface area contributed by atoms with Crippen molar-refractivity contribution >= 4 is 17.6 Å². The molecule has 2 aromatic rings. The summed E-state index contributed by atoms with van der Waals surface area (Å²) in [4.78, 5) is 12.5. The standard InChI is InChI=1S/C14H16N2O3/c1-14(2,3)11-9-12(15-19-11)16(13(17)18)10-7-5-4-6-8-10/h4-9H,1-3H3,(H,17,18). The number of amides is 1. The lowest BCUT2D eigenvalue weighted by molar-refractivity contribution is 0.204. The zero-order chi connectivity index (χ0) is 14.0. The second-order valence-corrected chi connectivity index (χ2v) is 5.25.